The minimum atomic E-state index is -0.314. The lowest BCUT2D eigenvalue weighted by molar-refractivity contribution is 0.247. The first kappa shape index (κ1) is 13.3. The molecule has 1 heterocycles. The summed E-state index contributed by atoms with van der Waals surface area (Å²) in [6, 6.07) is 5.37. The van der Waals surface area contributed by atoms with Crippen LogP contribution in [0.1, 0.15) is 31.4 Å². The maximum absolute atomic E-state index is 13.8. The lowest BCUT2D eigenvalue weighted by Crippen LogP contribution is -2.32. The van der Waals surface area contributed by atoms with Crippen molar-refractivity contribution in [3.63, 3.8) is 0 Å². The number of halogens is 1. The molecule has 2 rings (SSSR count). The van der Waals surface area contributed by atoms with E-state index in [0.29, 0.717) is 0 Å². The third kappa shape index (κ3) is 2.49. The first-order chi connectivity index (χ1) is 8.67. The highest BCUT2D eigenvalue weighted by molar-refractivity contribution is 5.32. The Morgan fingerprint density at radius 3 is 2.89 bits per heavy atom. The first-order valence-corrected chi connectivity index (χ1v) is 6.50. The molecule has 100 valence electrons. The van der Waals surface area contributed by atoms with E-state index in [1.807, 2.05) is 6.07 Å². The quantitative estimate of drug-likeness (QED) is 0.893. The Hall–Kier alpha value is -1.13. The van der Waals surface area contributed by atoms with Crippen molar-refractivity contribution >= 4 is 0 Å². The van der Waals surface area contributed by atoms with Crippen molar-refractivity contribution in [1.82, 2.24) is 4.90 Å². The summed E-state index contributed by atoms with van der Waals surface area (Å²) in [5.74, 6) is -0.0297. The monoisotopic (exact) mass is 252 g/mol. The molecule has 0 bridgehead atoms. The largest absolute Gasteiger partial charge is 0.494 e. The number of nitrogens with two attached hydrogens (primary N) is 1. The number of likely N-dealkylation sites (tertiary alicyclic amines) is 1. The third-order valence-corrected chi connectivity index (χ3v) is 3.58. The van der Waals surface area contributed by atoms with Crippen LogP contribution in [0.4, 0.5) is 4.39 Å². The van der Waals surface area contributed by atoms with Gasteiger partial charge in [0.25, 0.3) is 0 Å². The Labute approximate surface area is 108 Å². The zero-order chi connectivity index (χ0) is 13.1. The number of hydrogen-bond donors (Lipinski definition) is 1. The van der Waals surface area contributed by atoms with Crippen LogP contribution in [0.3, 0.4) is 0 Å². The zero-order valence-electron chi connectivity index (χ0n) is 11.0. The van der Waals surface area contributed by atoms with Gasteiger partial charge in [0, 0.05) is 12.6 Å². The highest BCUT2D eigenvalue weighted by Crippen LogP contribution is 2.33. The number of ether oxygens (including phenoxy) is 1. The van der Waals surface area contributed by atoms with Crippen LogP contribution >= 0.6 is 0 Å². The number of methoxy groups -OCH3 is 1. The van der Waals surface area contributed by atoms with Crippen LogP contribution in [0.5, 0.6) is 5.75 Å². The fraction of sp³-hybridized carbons (Fsp3) is 0.571. The van der Waals surface area contributed by atoms with Crippen LogP contribution in [0.25, 0.3) is 0 Å². The van der Waals surface area contributed by atoms with Crippen molar-refractivity contribution < 1.29 is 9.13 Å². The van der Waals surface area contributed by atoms with Gasteiger partial charge in [0.15, 0.2) is 11.6 Å². The van der Waals surface area contributed by atoms with Crippen molar-refractivity contribution in [3.8, 4) is 5.75 Å². The second-order valence-corrected chi connectivity index (χ2v) is 4.83. The lowest BCUT2D eigenvalue weighted by atomic mass is 10.0. The summed E-state index contributed by atoms with van der Waals surface area (Å²) in [4.78, 5) is 2.34. The fourth-order valence-corrected chi connectivity index (χ4v) is 2.75. The first-order valence-electron chi connectivity index (χ1n) is 6.50. The molecule has 0 aromatic heterocycles. The van der Waals surface area contributed by atoms with Crippen molar-refractivity contribution in [2.45, 2.75) is 31.8 Å². The normalized spacial score (nSPS) is 24.4. The van der Waals surface area contributed by atoms with Crippen LogP contribution in [0.2, 0.25) is 0 Å². The topological polar surface area (TPSA) is 38.5 Å². The van der Waals surface area contributed by atoms with E-state index in [2.05, 4.69) is 11.8 Å². The van der Waals surface area contributed by atoms with Crippen molar-refractivity contribution in [2.24, 2.45) is 5.73 Å². The molecule has 3 nitrogen and oxygen atoms in total. The van der Waals surface area contributed by atoms with Gasteiger partial charge in [-0.05, 0) is 37.1 Å². The van der Waals surface area contributed by atoms with E-state index in [1.165, 1.54) is 7.11 Å². The predicted octanol–water partition coefficient (Wildman–Crippen LogP) is 2.32. The number of nitrogens with zero attached hydrogens (tertiary/aromatic N) is 1. The average molecular weight is 252 g/mol. The highest BCUT2D eigenvalue weighted by Gasteiger charge is 2.32. The van der Waals surface area contributed by atoms with Gasteiger partial charge in [-0.15, -0.1) is 0 Å². The molecule has 0 amide bonds. The van der Waals surface area contributed by atoms with E-state index in [-0.39, 0.29) is 23.7 Å². The van der Waals surface area contributed by atoms with Crippen LogP contribution in [0, 0.1) is 5.82 Å². The molecule has 1 aromatic rings. The van der Waals surface area contributed by atoms with E-state index < -0.39 is 0 Å². The summed E-state index contributed by atoms with van der Waals surface area (Å²) in [5.41, 5.74) is 7.11. The Kier molecular flexibility index (Phi) is 4.19. The van der Waals surface area contributed by atoms with Gasteiger partial charge in [0.1, 0.15) is 0 Å². The molecule has 1 aliphatic rings. The van der Waals surface area contributed by atoms with E-state index >= 15 is 0 Å². The maximum Gasteiger partial charge on any atom is 0.165 e. The van der Waals surface area contributed by atoms with E-state index in [9.17, 15) is 4.39 Å². The van der Waals surface area contributed by atoms with Crippen LogP contribution in [-0.4, -0.2) is 31.1 Å². The van der Waals surface area contributed by atoms with Crippen LogP contribution in [-0.2, 0) is 0 Å². The molecule has 0 spiro atoms. The minimum Gasteiger partial charge on any atom is -0.494 e. The van der Waals surface area contributed by atoms with Gasteiger partial charge in [0.05, 0.1) is 13.2 Å². The molecule has 2 unspecified atom stereocenters. The summed E-state index contributed by atoms with van der Waals surface area (Å²) in [5, 5.41) is 0. The molecule has 18 heavy (non-hydrogen) atoms. The van der Waals surface area contributed by atoms with Crippen LogP contribution in [0.15, 0.2) is 18.2 Å². The number of rotatable bonds is 4. The second-order valence-electron chi connectivity index (χ2n) is 4.83. The molecule has 1 aliphatic heterocycles. The Bertz CT molecular complexity index is 409. The molecule has 1 saturated heterocycles. The average Bonchev–Trinajstić information content (AvgIpc) is 2.71. The van der Waals surface area contributed by atoms with E-state index in [1.54, 1.807) is 12.1 Å². The molecule has 4 heteroatoms. The van der Waals surface area contributed by atoms with E-state index in [4.69, 9.17) is 10.5 Å². The second kappa shape index (κ2) is 5.67. The molecule has 1 aromatic carbocycles. The number of benzene rings is 1. The molecule has 2 atom stereocenters. The van der Waals surface area contributed by atoms with Gasteiger partial charge < -0.3 is 10.5 Å². The molecule has 0 aliphatic carbocycles. The summed E-state index contributed by atoms with van der Waals surface area (Å²) in [6.07, 6.45) is 2.06. The lowest BCUT2D eigenvalue weighted by Gasteiger charge is -2.27. The summed E-state index contributed by atoms with van der Waals surface area (Å²) >= 11 is 0. The summed E-state index contributed by atoms with van der Waals surface area (Å²) in [6.45, 7) is 4.15. The Balaban J connectivity index is 2.25. The van der Waals surface area contributed by atoms with Gasteiger partial charge in [-0.25, -0.2) is 4.39 Å². The van der Waals surface area contributed by atoms with Crippen molar-refractivity contribution in [1.29, 1.82) is 0 Å². The van der Waals surface area contributed by atoms with Gasteiger partial charge in [-0.1, -0.05) is 13.0 Å². The molecule has 1 fully saturated rings. The predicted molar refractivity (Wildman–Crippen MR) is 70.1 cm³/mol. The SMILES string of the molecule is CCCN1CCC(N)C1c1ccc(OC)c(F)c1. The summed E-state index contributed by atoms with van der Waals surface area (Å²) < 4.78 is 18.7. The van der Waals surface area contributed by atoms with Gasteiger partial charge >= 0.3 is 0 Å². The van der Waals surface area contributed by atoms with E-state index in [0.717, 1.165) is 31.5 Å². The molecule has 0 saturated carbocycles. The van der Waals surface area contributed by atoms with Gasteiger partial charge in [0.2, 0.25) is 0 Å². The molecular weight excluding hydrogens is 231 g/mol. The van der Waals surface area contributed by atoms with Crippen molar-refractivity contribution in [3.05, 3.63) is 29.6 Å². The minimum absolute atomic E-state index is 0.0874. The van der Waals surface area contributed by atoms with Gasteiger partial charge in [-0.2, -0.15) is 0 Å². The van der Waals surface area contributed by atoms with Crippen molar-refractivity contribution in [2.75, 3.05) is 20.2 Å². The third-order valence-electron chi connectivity index (χ3n) is 3.58. The highest BCUT2D eigenvalue weighted by atomic mass is 19.1. The number of hydrogen-bond acceptors (Lipinski definition) is 3. The van der Waals surface area contributed by atoms with Gasteiger partial charge in [-0.3, -0.25) is 4.90 Å². The zero-order valence-corrected chi connectivity index (χ0v) is 11.0. The Morgan fingerprint density at radius 1 is 1.50 bits per heavy atom. The smallest absolute Gasteiger partial charge is 0.165 e. The molecule has 2 N–H and O–H groups in total. The maximum atomic E-state index is 13.8. The Morgan fingerprint density at radius 2 is 2.28 bits per heavy atom. The standard InChI is InChI=1S/C14H21FN2O/c1-3-7-17-8-6-12(16)14(17)10-4-5-13(18-2)11(15)9-10/h4-5,9,12,14H,3,6-8,16H2,1-2H3. The van der Waals surface area contributed by atoms with Crippen LogP contribution < -0.4 is 10.5 Å². The molecular formula is C14H21FN2O. The summed E-state index contributed by atoms with van der Waals surface area (Å²) in [7, 11) is 1.47. The molecule has 0 radical (unpaired) electrons. The fourth-order valence-electron chi connectivity index (χ4n) is 2.75.